The first-order chi connectivity index (χ1) is 13.6. The Kier molecular flexibility index (Phi) is 6.01. The number of nitrogens with zero attached hydrogens (tertiary/aromatic N) is 1. The number of aryl methyl sites for hydroxylation is 1. The molecule has 1 amide bonds. The SMILES string of the molecule is Cc1ccc(NC(=O)c2ccc(S(=O)(=O)N3CCCCC3)o2)cc1NS(C)(=O)=O. The third-order valence-corrected chi connectivity index (χ3v) is 6.87. The number of sulfonamides is 2. The Morgan fingerprint density at radius 3 is 2.38 bits per heavy atom. The van der Waals surface area contributed by atoms with Crippen molar-refractivity contribution in [2.24, 2.45) is 0 Å². The minimum atomic E-state index is -3.77. The third kappa shape index (κ3) is 5.17. The van der Waals surface area contributed by atoms with Crippen LogP contribution in [0.3, 0.4) is 0 Å². The van der Waals surface area contributed by atoms with Crippen LogP contribution in [0.15, 0.2) is 39.8 Å². The van der Waals surface area contributed by atoms with E-state index in [0.29, 0.717) is 30.0 Å². The second-order valence-electron chi connectivity index (χ2n) is 6.94. The number of piperidine rings is 1. The highest BCUT2D eigenvalue weighted by Gasteiger charge is 2.29. The molecule has 0 spiro atoms. The van der Waals surface area contributed by atoms with Gasteiger partial charge in [-0.25, -0.2) is 16.8 Å². The van der Waals surface area contributed by atoms with Crippen molar-refractivity contribution in [3.8, 4) is 0 Å². The lowest BCUT2D eigenvalue weighted by atomic mass is 10.2. The van der Waals surface area contributed by atoms with E-state index in [1.54, 1.807) is 19.1 Å². The quantitative estimate of drug-likeness (QED) is 0.709. The Balaban J connectivity index is 1.76. The number of rotatable bonds is 6. The van der Waals surface area contributed by atoms with Gasteiger partial charge in [0.1, 0.15) is 0 Å². The first-order valence-corrected chi connectivity index (χ1v) is 12.4. The van der Waals surface area contributed by atoms with E-state index >= 15 is 0 Å². The van der Waals surface area contributed by atoms with E-state index in [4.69, 9.17) is 4.42 Å². The van der Waals surface area contributed by atoms with Crippen molar-refractivity contribution in [2.45, 2.75) is 31.3 Å². The lowest BCUT2D eigenvalue weighted by molar-refractivity contribution is 0.0991. The molecule has 0 bridgehead atoms. The highest BCUT2D eigenvalue weighted by Crippen LogP contribution is 2.24. The summed E-state index contributed by atoms with van der Waals surface area (Å²) >= 11 is 0. The molecule has 0 unspecified atom stereocenters. The first-order valence-electron chi connectivity index (χ1n) is 9.06. The van der Waals surface area contributed by atoms with Gasteiger partial charge < -0.3 is 9.73 Å². The van der Waals surface area contributed by atoms with Gasteiger partial charge in [-0.2, -0.15) is 4.31 Å². The number of benzene rings is 1. The Bertz CT molecular complexity index is 1120. The number of amides is 1. The average Bonchev–Trinajstić information content (AvgIpc) is 3.15. The van der Waals surface area contributed by atoms with E-state index in [0.717, 1.165) is 25.5 Å². The topological polar surface area (TPSA) is 126 Å². The van der Waals surface area contributed by atoms with Crippen molar-refractivity contribution in [2.75, 3.05) is 29.4 Å². The molecular formula is C18H23N3O6S2. The van der Waals surface area contributed by atoms with Crippen molar-refractivity contribution in [1.29, 1.82) is 0 Å². The summed E-state index contributed by atoms with van der Waals surface area (Å²) in [7, 11) is -7.24. The van der Waals surface area contributed by atoms with E-state index in [2.05, 4.69) is 10.0 Å². The maximum Gasteiger partial charge on any atom is 0.291 e. The molecule has 2 N–H and O–H groups in total. The molecule has 158 valence electrons. The number of nitrogens with one attached hydrogen (secondary N) is 2. The summed E-state index contributed by atoms with van der Waals surface area (Å²) in [6, 6.07) is 7.30. The molecule has 1 saturated heterocycles. The lowest BCUT2D eigenvalue weighted by Gasteiger charge is -2.24. The number of carbonyl (C=O) groups is 1. The predicted molar refractivity (Wildman–Crippen MR) is 109 cm³/mol. The van der Waals surface area contributed by atoms with Crippen LogP contribution in [-0.2, 0) is 20.0 Å². The van der Waals surface area contributed by atoms with Crippen molar-refractivity contribution in [3.63, 3.8) is 0 Å². The number of hydrogen-bond acceptors (Lipinski definition) is 6. The Morgan fingerprint density at radius 2 is 1.72 bits per heavy atom. The monoisotopic (exact) mass is 441 g/mol. The Hall–Kier alpha value is -2.37. The predicted octanol–water partition coefficient (Wildman–Crippen LogP) is 2.39. The maximum absolute atomic E-state index is 12.6. The van der Waals surface area contributed by atoms with Crippen LogP contribution in [-0.4, -0.2) is 46.4 Å². The highest BCUT2D eigenvalue weighted by molar-refractivity contribution is 7.92. The zero-order valence-electron chi connectivity index (χ0n) is 16.1. The van der Waals surface area contributed by atoms with E-state index < -0.39 is 26.0 Å². The van der Waals surface area contributed by atoms with Gasteiger partial charge >= 0.3 is 0 Å². The molecule has 1 aromatic carbocycles. The zero-order chi connectivity index (χ0) is 21.2. The normalized spacial score (nSPS) is 15.8. The van der Waals surface area contributed by atoms with Crippen LogP contribution in [0.25, 0.3) is 0 Å². The Labute approximate surface area is 170 Å². The van der Waals surface area contributed by atoms with Crippen molar-refractivity contribution in [1.82, 2.24) is 4.31 Å². The minimum Gasteiger partial charge on any atom is -0.438 e. The number of carbonyl (C=O) groups excluding carboxylic acids is 1. The molecule has 0 saturated carbocycles. The maximum atomic E-state index is 12.6. The summed E-state index contributed by atoms with van der Waals surface area (Å²) < 4.78 is 57.2. The number of furan rings is 1. The molecule has 0 atom stereocenters. The van der Waals surface area contributed by atoms with Crippen LogP contribution in [0.4, 0.5) is 11.4 Å². The largest absolute Gasteiger partial charge is 0.438 e. The molecule has 0 radical (unpaired) electrons. The van der Waals surface area contributed by atoms with E-state index in [1.165, 1.54) is 22.5 Å². The molecule has 9 nitrogen and oxygen atoms in total. The van der Waals surface area contributed by atoms with E-state index in [1.807, 2.05) is 0 Å². The third-order valence-electron chi connectivity index (χ3n) is 4.51. The van der Waals surface area contributed by atoms with Gasteiger partial charge in [-0.3, -0.25) is 9.52 Å². The molecule has 1 aromatic heterocycles. The average molecular weight is 442 g/mol. The zero-order valence-corrected chi connectivity index (χ0v) is 17.8. The van der Waals surface area contributed by atoms with Crippen LogP contribution in [0.1, 0.15) is 35.4 Å². The number of hydrogen-bond donors (Lipinski definition) is 2. The van der Waals surface area contributed by atoms with Gasteiger partial charge in [0.2, 0.25) is 15.1 Å². The fraction of sp³-hybridized carbons (Fsp3) is 0.389. The molecule has 11 heteroatoms. The van der Waals surface area contributed by atoms with Crippen molar-refractivity contribution >= 4 is 37.3 Å². The van der Waals surface area contributed by atoms with Gasteiger partial charge in [0.25, 0.3) is 15.9 Å². The fourth-order valence-electron chi connectivity index (χ4n) is 3.02. The van der Waals surface area contributed by atoms with Crippen LogP contribution in [0, 0.1) is 6.92 Å². The van der Waals surface area contributed by atoms with Gasteiger partial charge in [-0.15, -0.1) is 0 Å². The van der Waals surface area contributed by atoms with Crippen molar-refractivity contribution < 1.29 is 26.0 Å². The molecule has 1 aliphatic rings. The van der Waals surface area contributed by atoms with E-state index in [9.17, 15) is 21.6 Å². The summed E-state index contributed by atoms with van der Waals surface area (Å²) in [5.74, 6) is -0.793. The second-order valence-corrected chi connectivity index (χ2v) is 10.6. The molecule has 0 aliphatic carbocycles. The lowest BCUT2D eigenvalue weighted by Crippen LogP contribution is -2.35. The molecule has 2 heterocycles. The molecule has 1 aliphatic heterocycles. The van der Waals surface area contributed by atoms with Gasteiger partial charge in [-0.05, 0) is 49.6 Å². The van der Waals surface area contributed by atoms with E-state index in [-0.39, 0.29) is 10.9 Å². The van der Waals surface area contributed by atoms with Crippen LogP contribution >= 0.6 is 0 Å². The molecule has 29 heavy (non-hydrogen) atoms. The molecule has 1 fully saturated rings. The standard InChI is InChI=1S/C18H23N3O6S2/c1-13-6-7-14(12-15(13)20-28(2,23)24)19-18(22)16-8-9-17(27-16)29(25,26)21-10-4-3-5-11-21/h6-9,12,20H,3-5,10-11H2,1-2H3,(H,19,22). The molecule has 2 aromatic rings. The van der Waals surface area contributed by atoms with Crippen LogP contribution in [0.5, 0.6) is 0 Å². The van der Waals surface area contributed by atoms with Gasteiger partial charge in [0.15, 0.2) is 5.76 Å². The molecule has 3 rings (SSSR count). The number of anilines is 2. The summed E-state index contributed by atoms with van der Waals surface area (Å²) in [5.41, 5.74) is 1.35. The summed E-state index contributed by atoms with van der Waals surface area (Å²) in [4.78, 5) is 12.5. The minimum absolute atomic E-state index is 0.154. The fourth-order valence-corrected chi connectivity index (χ4v) is 5.06. The van der Waals surface area contributed by atoms with Crippen LogP contribution < -0.4 is 10.0 Å². The van der Waals surface area contributed by atoms with Gasteiger partial charge in [-0.1, -0.05) is 12.5 Å². The summed E-state index contributed by atoms with van der Waals surface area (Å²) in [6.07, 6.45) is 3.62. The van der Waals surface area contributed by atoms with Crippen molar-refractivity contribution in [3.05, 3.63) is 41.7 Å². The first kappa shape index (κ1) is 21.3. The highest BCUT2D eigenvalue weighted by atomic mass is 32.2. The summed E-state index contributed by atoms with van der Waals surface area (Å²) in [6.45, 7) is 2.59. The smallest absolute Gasteiger partial charge is 0.291 e. The van der Waals surface area contributed by atoms with Gasteiger partial charge in [0.05, 0.1) is 11.9 Å². The van der Waals surface area contributed by atoms with Gasteiger partial charge in [0, 0.05) is 18.8 Å². The summed E-state index contributed by atoms with van der Waals surface area (Å²) in [5, 5.41) is 2.31. The molecular weight excluding hydrogens is 418 g/mol. The van der Waals surface area contributed by atoms with Crippen LogP contribution in [0.2, 0.25) is 0 Å². The second kappa shape index (κ2) is 8.17. The Morgan fingerprint density at radius 1 is 1.03 bits per heavy atom.